The van der Waals surface area contributed by atoms with Gasteiger partial charge in [0.05, 0.1) is 25.2 Å². The number of guanidine groups is 2. The van der Waals surface area contributed by atoms with Crippen LogP contribution in [0.3, 0.4) is 0 Å². The first-order chi connectivity index (χ1) is 11.2. The second-order valence-electron chi connectivity index (χ2n) is 5.50. The molecule has 2 rings (SSSR count). The highest BCUT2D eigenvalue weighted by Crippen LogP contribution is 2.02. The van der Waals surface area contributed by atoms with Crippen LogP contribution in [-0.2, 0) is 9.59 Å². The number of aliphatic carboxylic acids is 2. The zero-order valence-corrected chi connectivity index (χ0v) is 13.1. The maximum atomic E-state index is 10.3. The van der Waals surface area contributed by atoms with Crippen LogP contribution < -0.4 is 33.6 Å². The maximum absolute atomic E-state index is 10.3. The Hall–Kier alpha value is -2.60. The molecule has 26 heavy (non-hydrogen) atoms. The summed E-state index contributed by atoms with van der Waals surface area (Å²) in [6.07, 6.45) is 0.694. The predicted octanol–water partition coefficient (Wildman–Crippen LogP) is -2.58. The summed E-state index contributed by atoms with van der Waals surface area (Å²) in [7, 11) is 0. The van der Waals surface area contributed by atoms with E-state index in [1.165, 1.54) is 0 Å². The Morgan fingerprint density at radius 3 is 1.42 bits per heavy atom. The molecule has 12 nitrogen and oxygen atoms in total. The van der Waals surface area contributed by atoms with Crippen molar-refractivity contribution in [3.63, 3.8) is 0 Å². The van der Waals surface area contributed by atoms with Crippen LogP contribution in [0.25, 0.3) is 0 Å². The van der Waals surface area contributed by atoms with Crippen molar-refractivity contribution in [3.8, 4) is 0 Å². The van der Waals surface area contributed by atoms with Gasteiger partial charge in [-0.3, -0.25) is 19.6 Å². The van der Waals surface area contributed by atoms with Gasteiger partial charge < -0.3 is 43.8 Å². The monoisotopic (exact) mass is 376 g/mol. The van der Waals surface area contributed by atoms with Crippen LogP contribution in [-0.4, -0.2) is 71.3 Å². The molecule has 0 aromatic heterocycles. The highest BCUT2D eigenvalue weighted by atomic mass is 16.4. The quantitative estimate of drug-likeness (QED) is 0.241. The fourth-order valence-electron chi connectivity index (χ4n) is 2.10. The molecule has 0 spiro atoms. The smallest absolute Gasteiger partial charge is 0.320 e. The molecule has 0 radical (unpaired) electrons. The Labute approximate surface area is 153 Å². The van der Waals surface area contributed by atoms with Crippen molar-refractivity contribution >= 4 is 23.9 Å². The summed E-state index contributed by atoms with van der Waals surface area (Å²) < 4.78 is 0. The van der Waals surface area contributed by atoms with Crippen molar-refractivity contribution in [2.75, 3.05) is 13.1 Å². The molecule has 0 aromatic rings. The number of carbonyl (C=O) groups is 2. The lowest BCUT2D eigenvalue weighted by atomic mass is 10.1. The number of nitrogens with two attached hydrogens (primary N) is 4. The van der Waals surface area contributed by atoms with E-state index in [-0.39, 0.29) is 26.9 Å². The molecule has 4 atom stereocenters. The lowest BCUT2D eigenvalue weighted by Gasteiger charge is -2.12. The van der Waals surface area contributed by atoms with Crippen LogP contribution in [0.15, 0.2) is 9.98 Å². The van der Waals surface area contributed by atoms with Gasteiger partial charge in [0, 0.05) is 0 Å². The molecule has 0 fully saturated rings. The first-order valence-electron chi connectivity index (χ1n) is 7.28. The third-order valence-electron chi connectivity index (χ3n) is 3.38. The molecule has 2 heterocycles. The molecular formula is C14H32N8O4. The highest BCUT2D eigenvalue weighted by Gasteiger charge is 2.22. The summed E-state index contributed by atoms with van der Waals surface area (Å²) in [6.45, 7) is 1.01. The number of carboxylic acids is 2. The summed E-state index contributed by atoms with van der Waals surface area (Å²) in [5, 5.41) is 22.6. The fraction of sp³-hybridized carbons (Fsp3) is 0.714. The number of nitrogens with one attached hydrogen (secondary N) is 2. The fourth-order valence-corrected chi connectivity index (χ4v) is 2.10. The van der Waals surface area contributed by atoms with Gasteiger partial charge in [-0.15, -0.1) is 0 Å². The van der Waals surface area contributed by atoms with E-state index in [1.54, 1.807) is 0 Å². The van der Waals surface area contributed by atoms with Gasteiger partial charge in [0.2, 0.25) is 0 Å². The molecule has 12 heteroatoms. The van der Waals surface area contributed by atoms with Crippen LogP contribution in [0.4, 0.5) is 0 Å². The molecule has 12 N–H and O–H groups in total. The largest absolute Gasteiger partial charge is 0.480 e. The van der Waals surface area contributed by atoms with Crippen molar-refractivity contribution in [2.45, 2.75) is 51.9 Å². The van der Waals surface area contributed by atoms with Gasteiger partial charge in [-0.05, 0) is 12.8 Å². The summed E-state index contributed by atoms with van der Waals surface area (Å²) in [5.74, 6) is -1.28. The van der Waals surface area contributed by atoms with E-state index in [9.17, 15) is 9.59 Å². The Morgan fingerprint density at radius 2 is 1.23 bits per heavy atom. The second kappa shape index (κ2) is 11.9. The van der Waals surface area contributed by atoms with Crippen LogP contribution in [0, 0.1) is 0 Å². The molecule has 0 saturated carbocycles. The Balaban J connectivity index is 0. The molecule has 0 saturated heterocycles. The minimum absolute atomic E-state index is 0. The lowest BCUT2D eigenvalue weighted by molar-refractivity contribution is -0.139. The van der Waals surface area contributed by atoms with E-state index in [0.717, 1.165) is 0 Å². The molecule has 0 amide bonds. The Morgan fingerprint density at radius 1 is 0.923 bits per heavy atom. The molecule has 2 aliphatic rings. The van der Waals surface area contributed by atoms with Crippen LogP contribution in [0.1, 0.15) is 27.7 Å². The normalized spacial score (nSPS) is 22.5. The minimum atomic E-state index is -0.998. The van der Waals surface area contributed by atoms with Gasteiger partial charge >= 0.3 is 11.9 Å². The average Bonchev–Trinajstić information content (AvgIpc) is 3.08. The number of hydrogen-bond donors (Lipinski definition) is 8. The molecule has 1 unspecified atom stereocenters. The van der Waals surface area contributed by atoms with E-state index in [0.29, 0.717) is 37.9 Å². The predicted molar refractivity (Wildman–Crippen MR) is 101 cm³/mol. The molecule has 0 aromatic carbocycles. The Kier molecular flexibility index (Phi) is 11.7. The van der Waals surface area contributed by atoms with Crippen molar-refractivity contribution in [1.82, 2.24) is 10.6 Å². The first kappa shape index (κ1) is 25.6. The molecule has 0 bridgehead atoms. The zero-order chi connectivity index (χ0) is 18.3. The zero-order valence-electron chi connectivity index (χ0n) is 13.1. The van der Waals surface area contributed by atoms with Gasteiger partial charge in [-0.1, -0.05) is 14.9 Å². The number of carboxylic acid groups (broad SMARTS) is 2. The minimum Gasteiger partial charge on any atom is -0.480 e. The SMILES string of the molecule is C.C.NC1=NCC(C[C@H](N)C(=O)O)N1.NC1=NC[C@@H](C[C@H](N)C(=O)O)N1. The standard InChI is InChI=1S/2C6H12N4O2.2CH4/c2*7-4(5(11)12)1-3-2-9-6(8)10-3;;/h2*3-4H,1-2,7H2,(H,11,12)(H3,8,9,10);2*1H4/t3?,4-;3-,4+;;/m01../s1. The van der Waals surface area contributed by atoms with Gasteiger partial charge in [-0.25, -0.2) is 0 Å². The van der Waals surface area contributed by atoms with Gasteiger partial charge in [0.1, 0.15) is 12.1 Å². The van der Waals surface area contributed by atoms with Gasteiger partial charge in [-0.2, -0.15) is 0 Å². The molecular weight excluding hydrogens is 344 g/mol. The third kappa shape index (κ3) is 9.03. The number of hydrogen-bond acceptors (Lipinski definition) is 10. The van der Waals surface area contributed by atoms with Crippen molar-refractivity contribution in [3.05, 3.63) is 0 Å². The van der Waals surface area contributed by atoms with Crippen molar-refractivity contribution in [2.24, 2.45) is 32.9 Å². The molecule has 152 valence electrons. The molecule has 0 aliphatic carbocycles. The number of aliphatic imine (C=N–C) groups is 2. The summed E-state index contributed by atoms with van der Waals surface area (Å²) in [4.78, 5) is 28.4. The Bertz CT molecular complexity index is 479. The second-order valence-corrected chi connectivity index (χ2v) is 5.50. The van der Waals surface area contributed by atoms with E-state index in [2.05, 4.69) is 20.6 Å². The summed E-state index contributed by atoms with van der Waals surface area (Å²) >= 11 is 0. The summed E-state index contributed by atoms with van der Waals surface area (Å²) in [6, 6.07) is -1.75. The molecule has 2 aliphatic heterocycles. The highest BCUT2D eigenvalue weighted by molar-refractivity contribution is 5.80. The van der Waals surface area contributed by atoms with Crippen LogP contribution in [0.2, 0.25) is 0 Å². The topological polar surface area (TPSA) is 227 Å². The number of rotatable bonds is 6. The van der Waals surface area contributed by atoms with E-state index >= 15 is 0 Å². The maximum Gasteiger partial charge on any atom is 0.320 e. The van der Waals surface area contributed by atoms with Gasteiger partial charge in [0.25, 0.3) is 0 Å². The van der Waals surface area contributed by atoms with Crippen LogP contribution >= 0.6 is 0 Å². The third-order valence-corrected chi connectivity index (χ3v) is 3.38. The van der Waals surface area contributed by atoms with Crippen molar-refractivity contribution in [1.29, 1.82) is 0 Å². The van der Waals surface area contributed by atoms with Crippen LogP contribution in [0.5, 0.6) is 0 Å². The first-order valence-corrected chi connectivity index (χ1v) is 7.28. The van der Waals surface area contributed by atoms with E-state index in [1.807, 2.05) is 0 Å². The van der Waals surface area contributed by atoms with Crippen molar-refractivity contribution < 1.29 is 19.8 Å². The summed E-state index contributed by atoms with van der Waals surface area (Å²) in [5.41, 5.74) is 21.3. The number of nitrogens with zero attached hydrogens (tertiary/aromatic N) is 2. The average molecular weight is 376 g/mol. The lowest BCUT2D eigenvalue weighted by Crippen LogP contribution is -2.41. The van der Waals surface area contributed by atoms with E-state index in [4.69, 9.17) is 33.1 Å². The van der Waals surface area contributed by atoms with Gasteiger partial charge in [0.15, 0.2) is 11.9 Å². The van der Waals surface area contributed by atoms with E-state index < -0.39 is 24.0 Å².